The largest absolute Gasteiger partial charge is 0.368 e. The van der Waals surface area contributed by atoms with Crippen LogP contribution in [0.15, 0.2) is 24.5 Å². The van der Waals surface area contributed by atoms with Crippen LogP contribution in [0.5, 0.6) is 0 Å². The number of anilines is 1. The van der Waals surface area contributed by atoms with Gasteiger partial charge in [0.05, 0.1) is 11.9 Å². The van der Waals surface area contributed by atoms with Gasteiger partial charge >= 0.3 is 0 Å². The fourth-order valence-corrected chi connectivity index (χ4v) is 1.90. The maximum Gasteiger partial charge on any atom is 0.240 e. The van der Waals surface area contributed by atoms with Crippen molar-refractivity contribution in [3.63, 3.8) is 0 Å². The van der Waals surface area contributed by atoms with Crippen LogP contribution < -0.4 is 10.6 Å². The van der Waals surface area contributed by atoms with Crippen LogP contribution in [0.2, 0.25) is 0 Å². The summed E-state index contributed by atoms with van der Waals surface area (Å²) in [5, 5.41) is 0. The molecule has 1 aliphatic rings. The molecule has 0 aliphatic carbocycles. The molecule has 4 heteroatoms. The van der Waals surface area contributed by atoms with Gasteiger partial charge in [-0.15, -0.1) is 0 Å². The normalized spacial score (nSPS) is 21.1. The van der Waals surface area contributed by atoms with Gasteiger partial charge in [-0.05, 0) is 25.0 Å². The van der Waals surface area contributed by atoms with Gasteiger partial charge in [-0.3, -0.25) is 9.78 Å². The molecule has 2 heterocycles. The first-order valence-electron chi connectivity index (χ1n) is 4.75. The van der Waals surface area contributed by atoms with Gasteiger partial charge in [-0.25, -0.2) is 0 Å². The number of nitrogens with zero attached hydrogens (tertiary/aromatic N) is 2. The third-order valence-corrected chi connectivity index (χ3v) is 2.56. The number of aromatic nitrogens is 1. The van der Waals surface area contributed by atoms with Crippen molar-refractivity contribution in [2.75, 3.05) is 11.4 Å². The molecule has 0 bridgehead atoms. The number of hydrogen-bond donors (Lipinski definition) is 1. The third-order valence-electron chi connectivity index (χ3n) is 2.56. The molecule has 1 amide bonds. The maximum atomic E-state index is 11.1. The van der Waals surface area contributed by atoms with E-state index in [0.717, 1.165) is 25.1 Å². The molecule has 1 atom stereocenters. The minimum Gasteiger partial charge on any atom is -0.368 e. The van der Waals surface area contributed by atoms with Gasteiger partial charge in [0, 0.05) is 12.7 Å². The molecule has 0 aromatic carbocycles. The monoisotopic (exact) mass is 191 g/mol. The number of primary amides is 1. The minimum absolute atomic E-state index is 0.154. The van der Waals surface area contributed by atoms with Crippen molar-refractivity contribution < 1.29 is 4.79 Å². The van der Waals surface area contributed by atoms with Gasteiger partial charge in [-0.2, -0.15) is 0 Å². The van der Waals surface area contributed by atoms with Crippen molar-refractivity contribution in [2.24, 2.45) is 5.73 Å². The lowest BCUT2D eigenvalue weighted by Crippen LogP contribution is -2.40. The molecule has 0 radical (unpaired) electrons. The Morgan fingerprint density at radius 1 is 1.64 bits per heavy atom. The first-order chi connectivity index (χ1) is 6.79. The second-order valence-corrected chi connectivity index (χ2v) is 3.47. The number of rotatable bonds is 2. The van der Waals surface area contributed by atoms with Crippen LogP contribution in [0, 0.1) is 0 Å². The highest BCUT2D eigenvalue weighted by Gasteiger charge is 2.28. The van der Waals surface area contributed by atoms with E-state index in [9.17, 15) is 4.79 Å². The molecule has 1 fully saturated rings. The predicted octanol–water partition coefficient (Wildman–Crippen LogP) is 0.536. The SMILES string of the molecule is NC(=O)[C@@H]1CCCN1c1cccnc1. The first-order valence-corrected chi connectivity index (χ1v) is 4.75. The Bertz CT molecular complexity index is 325. The summed E-state index contributed by atoms with van der Waals surface area (Å²) in [6.07, 6.45) is 5.35. The second kappa shape index (κ2) is 3.65. The van der Waals surface area contributed by atoms with E-state index in [1.807, 2.05) is 17.0 Å². The number of carbonyl (C=O) groups excluding carboxylic acids is 1. The van der Waals surface area contributed by atoms with Crippen molar-refractivity contribution in [1.82, 2.24) is 4.98 Å². The summed E-state index contributed by atoms with van der Waals surface area (Å²) in [4.78, 5) is 17.2. The van der Waals surface area contributed by atoms with Gasteiger partial charge in [0.25, 0.3) is 0 Å². The minimum atomic E-state index is -0.244. The average molecular weight is 191 g/mol. The maximum absolute atomic E-state index is 11.1. The molecule has 2 N–H and O–H groups in total. The smallest absolute Gasteiger partial charge is 0.240 e. The lowest BCUT2D eigenvalue weighted by molar-refractivity contribution is -0.119. The summed E-state index contributed by atoms with van der Waals surface area (Å²) < 4.78 is 0. The van der Waals surface area contributed by atoms with Crippen molar-refractivity contribution in [2.45, 2.75) is 18.9 Å². The molecule has 14 heavy (non-hydrogen) atoms. The Kier molecular flexibility index (Phi) is 2.35. The van der Waals surface area contributed by atoms with Gasteiger partial charge in [0.1, 0.15) is 6.04 Å². The van der Waals surface area contributed by atoms with Crippen molar-refractivity contribution >= 4 is 11.6 Å². The molecule has 1 saturated heterocycles. The van der Waals surface area contributed by atoms with Gasteiger partial charge in [-0.1, -0.05) is 0 Å². The van der Waals surface area contributed by atoms with Crippen molar-refractivity contribution in [3.8, 4) is 0 Å². The molecule has 1 aromatic heterocycles. The second-order valence-electron chi connectivity index (χ2n) is 3.47. The summed E-state index contributed by atoms with van der Waals surface area (Å²) in [6.45, 7) is 0.888. The summed E-state index contributed by atoms with van der Waals surface area (Å²) in [5.74, 6) is -0.244. The highest BCUT2D eigenvalue weighted by molar-refractivity contribution is 5.84. The van der Waals surface area contributed by atoms with E-state index in [1.54, 1.807) is 12.4 Å². The number of nitrogens with two attached hydrogens (primary N) is 1. The summed E-state index contributed by atoms with van der Waals surface area (Å²) in [5.41, 5.74) is 6.30. The van der Waals surface area contributed by atoms with E-state index in [0.29, 0.717) is 0 Å². The van der Waals surface area contributed by atoms with Gasteiger partial charge in [0.15, 0.2) is 0 Å². The van der Waals surface area contributed by atoms with Crippen LogP contribution >= 0.6 is 0 Å². The number of carbonyl (C=O) groups is 1. The summed E-state index contributed by atoms with van der Waals surface area (Å²) in [7, 11) is 0. The molecular formula is C10H13N3O. The van der Waals surface area contributed by atoms with Crippen molar-refractivity contribution in [1.29, 1.82) is 0 Å². The molecule has 0 saturated carbocycles. The van der Waals surface area contributed by atoms with Crippen LogP contribution in [0.25, 0.3) is 0 Å². The molecule has 0 unspecified atom stereocenters. The van der Waals surface area contributed by atoms with E-state index in [4.69, 9.17) is 5.73 Å². The molecule has 1 aromatic rings. The Morgan fingerprint density at radius 3 is 3.14 bits per heavy atom. The van der Waals surface area contributed by atoms with Crippen LogP contribution in [-0.2, 0) is 4.79 Å². The number of pyridine rings is 1. The predicted molar refractivity (Wildman–Crippen MR) is 53.8 cm³/mol. The Morgan fingerprint density at radius 2 is 2.50 bits per heavy atom. The van der Waals surface area contributed by atoms with Gasteiger partial charge in [0.2, 0.25) is 5.91 Å². The summed E-state index contributed by atoms with van der Waals surface area (Å²) in [6, 6.07) is 3.67. The zero-order valence-electron chi connectivity index (χ0n) is 7.89. The van der Waals surface area contributed by atoms with Crippen molar-refractivity contribution in [3.05, 3.63) is 24.5 Å². The lowest BCUT2D eigenvalue weighted by atomic mass is 10.2. The average Bonchev–Trinajstić information content (AvgIpc) is 2.67. The van der Waals surface area contributed by atoms with E-state index >= 15 is 0 Å². The molecular weight excluding hydrogens is 178 g/mol. The standard InChI is InChI=1S/C10H13N3O/c11-10(14)9-4-2-6-13(9)8-3-1-5-12-7-8/h1,3,5,7,9H,2,4,6H2,(H2,11,14)/t9-/m0/s1. The third kappa shape index (κ3) is 1.55. The van der Waals surface area contributed by atoms with Gasteiger partial charge < -0.3 is 10.6 Å². The van der Waals surface area contributed by atoms with Crippen LogP contribution in [0.4, 0.5) is 5.69 Å². The van der Waals surface area contributed by atoms with Crippen LogP contribution in [-0.4, -0.2) is 23.5 Å². The molecule has 4 nitrogen and oxygen atoms in total. The molecule has 74 valence electrons. The first kappa shape index (κ1) is 8.99. The zero-order chi connectivity index (χ0) is 9.97. The fraction of sp³-hybridized carbons (Fsp3) is 0.400. The highest BCUT2D eigenvalue weighted by atomic mass is 16.1. The number of hydrogen-bond acceptors (Lipinski definition) is 3. The van der Waals surface area contributed by atoms with Crippen LogP contribution in [0.3, 0.4) is 0 Å². The Balaban J connectivity index is 2.22. The van der Waals surface area contributed by atoms with Crippen LogP contribution in [0.1, 0.15) is 12.8 Å². The highest BCUT2D eigenvalue weighted by Crippen LogP contribution is 2.23. The lowest BCUT2D eigenvalue weighted by Gasteiger charge is -2.23. The zero-order valence-corrected chi connectivity index (χ0v) is 7.89. The Hall–Kier alpha value is -1.58. The van der Waals surface area contributed by atoms with E-state index in [2.05, 4.69) is 4.98 Å². The summed E-state index contributed by atoms with van der Waals surface area (Å²) >= 11 is 0. The Labute approximate surface area is 82.7 Å². The topological polar surface area (TPSA) is 59.2 Å². The fourth-order valence-electron chi connectivity index (χ4n) is 1.90. The van der Waals surface area contributed by atoms with E-state index in [-0.39, 0.29) is 11.9 Å². The molecule has 2 rings (SSSR count). The molecule has 0 spiro atoms. The van der Waals surface area contributed by atoms with E-state index < -0.39 is 0 Å². The van der Waals surface area contributed by atoms with E-state index in [1.165, 1.54) is 0 Å². The quantitative estimate of drug-likeness (QED) is 0.742. The number of amides is 1. The molecule has 1 aliphatic heterocycles.